The zero-order valence-corrected chi connectivity index (χ0v) is 11.5. The molecular weight excluding hydrogens is 258 g/mol. The Labute approximate surface area is 115 Å². The third-order valence-electron chi connectivity index (χ3n) is 2.82. The van der Waals surface area contributed by atoms with Gasteiger partial charge < -0.3 is 5.32 Å². The topological polar surface area (TPSA) is 55.6 Å². The van der Waals surface area contributed by atoms with Gasteiger partial charge in [-0.15, -0.1) is 10.2 Å². The molecule has 0 saturated carbocycles. The smallest absolute Gasteiger partial charge is 0.233 e. The number of para-hydroxylation sites is 1. The molecule has 2 heterocycles. The summed E-state index contributed by atoms with van der Waals surface area (Å²) < 4.78 is 1.84. The van der Waals surface area contributed by atoms with Crippen LogP contribution in [0.5, 0.6) is 0 Å². The monoisotopic (exact) mass is 273 g/mol. The van der Waals surface area contributed by atoms with Crippen LogP contribution >= 0.6 is 11.3 Å². The number of rotatable bonds is 5. The molecule has 0 saturated heterocycles. The molecule has 0 radical (unpaired) electrons. The van der Waals surface area contributed by atoms with Crippen LogP contribution in [-0.4, -0.2) is 26.5 Å². The van der Waals surface area contributed by atoms with Gasteiger partial charge in [0.05, 0.1) is 11.7 Å². The fraction of sp³-hybridized carbons (Fsp3) is 0.308. The fourth-order valence-electron chi connectivity index (χ4n) is 1.90. The maximum absolute atomic E-state index is 4.38. The Morgan fingerprint density at radius 2 is 2.16 bits per heavy atom. The van der Waals surface area contributed by atoms with Gasteiger partial charge in [-0.2, -0.15) is 5.10 Å². The summed E-state index contributed by atoms with van der Waals surface area (Å²) in [6.45, 7) is 3.92. The van der Waals surface area contributed by atoms with Crippen molar-refractivity contribution in [3.8, 4) is 5.13 Å². The van der Waals surface area contributed by atoms with E-state index < -0.39 is 0 Å². The molecule has 1 aromatic carbocycles. The van der Waals surface area contributed by atoms with E-state index in [9.17, 15) is 0 Å². The van der Waals surface area contributed by atoms with E-state index in [0.717, 1.165) is 40.6 Å². The average Bonchev–Trinajstić information content (AvgIpc) is 3.05. The minimum atomic E-state index is 0.769. The molecule has 3 aromatic rings. The number of hydrogen-bond donors (Lipinski definition) is 1. The molecule has 1 N–H and O–H groups in total. The second kappa shape index (κ2) is 5.46. The van der Waals surface area contributed by atoms with Crippen LogP contribution < -0.4 is 5.32 Å². The largest absolute Gasteiger partial charge is 0.310 e. The van der Waals surface area contributed by atoms with E-state index in [1.165, 1.54) is 0 Å². The summed E-state index contributed by atoms with van der Waals surface area (Å²) in [6.07, 6.45) is 2.97. The van der Waals surface area contributed by atoms with E-state index in [0.29, 0.717) is 0 Å². The minimum absolute atomic E-state index is 0.769. The Bertz CT molecular complexity index is 672. The number of aromatic nitrogens is 4. The highest BCUT2D eigenvalue weighted by Crippen LogP contribution is 2.20. The average molecular weight is 273 g/mol. The molecule has 98 valence electrons. The molecule has 0 aliphatic rings. The molecule has 0 fully saturated rings. The van der Waals surface area contributed by atoms with Crippen LogP contribution in [0.4, 0.5) is 0 Å². The van der Waals surface area contributed by atoms with Crippen molar-refractivity contribution in [3.05, 3.63) is 35.5 Å². The van der Waals surface area contributed by atoms with Crippen molar-refractivity contribution in [2.24, 2.45) is 0 Å². The van der Waals surface area contributed by atoms with Gasteiger partial charge in [0.15, 0.2) is 0 Å². The molecule has 5 nitrogen and oxygen atoms in total. The Morgan fingerprint density at radius 3 is 3.05 bits per heavy atom. The first kappa shape index (κ1) is 12.3. The van der Waals surface area contributed by atoms with Crippen molar-refractivity contribution in [1.29, 1.82) is 0 Å². The first-order valence-electron chi connectivity index (χ1n) is 6.34. The van der Waals surface area contributed by atoms with Crippen molar-refractivity contribution in [1.82, 2.24) is 25.3 Å². The van der Waals surface area contributed by atoms with Gasteiger partial charge in [-0.25, -0.2) is 4.68 Å². The van der Waals surface area contributed by atoms with Gasteiger partial charge in [0.2, 0.25) is 5.13 Å². The molecule has 0 atom stereocenters. The standard InChI is InChI=1S/C13H15N5S/c1-2-7-14-9-12-16-17-13(19-12)18-11-6-4-3-5-10(11)8-15-18/h3-6,8,14H,2,7,9H2,1H3. The Kier molecular flexibility index (Phi) is 3.52. The summed E-state index contributed by atoms with van der Waals surface area (Å²) in [4.78, 5) is 0. The predicted octanol–water partition coefficient (Wildman–Crippen LogP) is 2.38. The van der Waals surface area contributed by atoms with Gasteiger partial charge in [-0.1, -0.05) is 36.5 Å². The number of nitrogens with one attached hydrogen (secondary N) is 1. The SMILES string of the molecule is CCCNCc1nnc(-n2ncc3ccccc32)s1. The second-order valence-corrected chi connectivity index (χ2v) is 5.31. The Balaban J connectivity index is 1.86. The van der Waals surface area contributed by atoms with E-state index in [1.54, 1.807) is 11.3 Å². The highest BCUT2D eigenvalue weighted by atomic mass is 32.1. The number of nitrogens with zero attached hydrogens (tertiary/aromatic N) is 4. The summed E-state index contributed by atoms with van der Waals surface area (Å²) in [5.41, 5.74) is 1.06. The minimum Gasteiger partial charge on any atom is -0.310 e. The van der Waals surface area contributed by atoms with Crippen LogP contribution in [-0.2, 0) is 6.54 Å². The summed E-state index contributed by atoms with van der Waals surface area (Å²) in [5.74, 6) is 0. The van der Waals surface area contributed by atoms with Crippen molar-refractivity contribution in [3.63, 3.8) is 0 Å². The quantitative estimate of drug-likeness (QED) is 0.725. The van der Waals surface area contributed by atoms with Crippen LogP contribution in [0.1, 0.15) is 18.4 Å². The van der Waals surface area contributed by atoms with Crippen LogP contribution in [0.2, 0.25) is 0 Å². The highest BCUT2D eigenvalue weighted by molar-refractivity contribution is 7.13. The lowest BCUT2D eigenvalue weighted by atomic mass is 10.3. The van der Waals surface area contributed by atoms with Gasteiger partial charge in [0, 0.05) is 11.9 Å². The maximum atomic E-state index is 4.38. The van der Waals surface area contributed by atoms with Gasteiger partial charge >= 0.3 is 0 Å². The zero-order valence-electron chi connectivity index (χ0n) is 10.7. The van der Waals surface area contributed by atoms with Crippen LogP contribution in [0, 0.1) is 0 Å². The number of benzene rings is 1. The molecular formula is C13H15N5S. The second-order valence-electron chi connectivity index (χ2n) is 4.27. The molecule has 2 aromatic heterocycles. The summed E-state index contributed by atoms with van der Waals surface area (Å²) >= 11 is 1.57. The molecule has 0 aliphatic heterocycles. The first-order valence-corrected chi connectivity index (χ1v) is 7.16. The fourth-order valence-corrected chi connectivity index (χ4v) is 2.68. The van der Waals surface area contributed by atoms with E-state index in [4.69, 9.17) is 0 Å². The zero-order chi connectivity index (χ0) is 13.1. The Hall–Kier alpha value is -1.79. The molecule has 3 rings (SSSR count). The van der Waals surface area contributed by atoms with E-state index >= 15 is 0 Å². The van der Waals surface area contributed by atoms with Crippen molar-refractivity contribution < 1.29 is 0 Å². The highest BCUT2D eigenvalue weighted by Gasteiger charge is 2.09. The number of fused-ring (bicyclic) bond motifs is 1. The molecule has 19 heavy (non-hydrogen) atoms. The van der Waals surface area contributed by atoms with Crippen LogP contribution in [0.15, 0.2) is 30.5 Å². The van der Waals surface area contributed by atoms with Crippen LogP contribution in [0.25, 0.3) is 16.0 Å². The van der Waals surface area contributed by atoms with Crippen molar-refractivity contribution in [2.75, 3.05) is 6.54 Å². The molecule has 0 spiro atoms. The summed E-state index contributed by atoms with van der Waals surface area (Å²) in [5, 5.41) is 19.0. The Morgan fingerprint density at radius 1 is 1.26 bits per heavy atom. The molecule has 0 amide bonds. The lowest BCUT2D eigenvalue weighted by molar-refractivity contribution is 0.667. The van der Waals surface area contributed by atoms with E-state index in [2.05, 4.69) is 27.5 Å². The van der Waals surface area contributed by atoms with Crippen molar-refractivity contribution in [2.45, 2.75) is 19.9 Å². The molecule has 6 heteroatoms. The number of hydrogen-bond acceptors (Lipinski definition) is 5. The third kappa shape index (κ3) is 2.50. The summed E-state index contributed by atoms with van der Waals surface area (Å²) in [6, 6.07) is 8.10. The molecule has 0 aliphatic carbocycles. The lowest BCUT2D eigenvalue weighted by Gasteiger charge is -1.97. The first-order chi connectivity index (χ1) is 9.38. The lowest BCUT2D eigenvalue weighted by Crippen LogP contribution is -2.13. The van der Waals surface area contributed by atoms with E-state index in [-0.39, 0.29) is 0 Å². The van der Waals surface area contributed by atoms with Gasteiger partial charge in [-0.05, 0) is 19.0 Å². The summed E-state index contributed by atoms with van der Waals surface area (Å²) in [7, 11) is 0. The molecule has 0 unspecified atom stereocenters. The molecule has 0 bridgehead atoms. The third-order valence-corrected chi connectivity index (χ3v) is 3.72. The normalized spacial score (nSPS) is 11.2. The van der Waals surface area contributed by atoms with Gasteiger partial charge in [0.1, 0.15) is 5.01 Å². The maximum Gasteiger partial charge on any atom is 0.233 e. The van der Waals surface area contributed by atoms with E-state index in [1.807, 2.05) is 35.1 Å². The van der Waals surface area contributed by atoms with Crippen LogP contribution in [0.3, 0.4) is 0 Å². The van der Waals surface area contributed by atoms with Gasteiger partial charge in [-0.3, -0.25) is 0 Å². The van der Waals surface area contributed by atoms with Crippen molar-refractivity contribution >= 4 is 22.2 Å². The predicted molar refractivity (Wildman–Crippen MR) is 76.5 cm³/mol. The van der Waals surface area contributed by atoms with Gasteiger partial charge in [0.25, 0.3) is 0 Å².